The van der Waals surface area contributed by atoms with Gasteiger partial charge in [0, 0.05) is 24.6 Å². The fraction of sp³-hybridized carbons (Fsp3) is 0.440. The fourth-order valence-corrected chi connectivity index (χ4v) is 6.05. The van der Waals surface area contributed by atoms with Crippen LogP contribution in [0, 0.1) is 5.92 Å². The highest BCUT2D eigenvalue weighted by Crippen LogP contribution is 2.33. The van der Waals surface area contributed by atoms with E-state index in [0.29, 0.717) is 35.6 Å². The molecule has 190 valence electrons. The molecule has 9 nitrogen and oxygen atoms in total. The maximum absolute atomic E-state index is 13.8. The molecule has 3 N–H and O–H groups in total. The second-order valence-electron chi connectivity index (χ2n) is 9.05. The van der Waals surface area contributed by atoms with Crippen LogP contribution in [0.3, 0.4) is 0 Å². The van der Waals surface area contributed by atoms with Crippen LogP contribution in [0.25, 0.3) is 11.1 Å². The summed E-state index contributed by atoms with van der Waals surface area (Å²) in [5.74, 6) is 0.0577. The van der Waals surface area contributed by atoms with Crippen LogP contribution in [0.1, 0.15) is 39.5 Å². The maximum Gasteiger partial charge on any atom is 0.261 e. The molecule has 0 unspecified atom stereocenters. The van der Waals surface area contributed by atoms with Crippen molar-refractivity contribution in [3.8, 4) is 16.9 Å². The van der Waals surface area contributed by atoms with Gasteiger partial charge in [0.25, 0.3) is 5.91 Å². The Labute approximate surface area is 206 Å². The van der Waals surface area contributed by atoms with Crippen LogP contribution in [-0.4, -0.2) is 55.5 Å². The second kappa shape index (κ2) is 11.7. The number of piperidine rings is 1. The number of methoxy groups -OCH3 is 1. The number of nitrogens with zero attached hydrogens (tertiary/aromatic N) is 1. The molecule has 2 aromatic carbocycles. The number of carbonyl (C=O) groups excluding carboxylic acids is 2. The normalized spacial score (nSPS) is 18.8. The number of carbonyl (C=O) groups is 2. The number of amides is 2. The van der Waals surface area contributed by atoms with Crippen molar-refractivity contribution in [3.63, 3.8) is 0 Å². The van der Waals surface area contributed by atoms with Crippen molar-refractivity contribution in [2.75, 3.05) is 13.7 Å². The molecule has 1 aliphatic heterocycles. The summed E-state index contributed by atoms with van der Waals surface area (Å²) < 4.78 is 33.9. The van der Waals surface area contributed by atoms with Gasteiger partial charge in [-0.15, -0.1) is 0 Å². The zero-order valence-electron chi connectivity index (χ0n) is 20.2. The molecule has 2 aromatic rings. The average Bonchev–Trinajstić information content (AvgIpc) is 2.87. The molecule has 1 aliphatic rings. The van der Waals surface area contributed by atoms with Crippen LogP contribution in [0.2, 0.25) is 0 Å². The van der Waals surface area contributed by atoms with Gasteiger partial charge in [-0.1, -0.05) is 44.2 Å². The number of hydrogen-bond donors (Lipinski definition) is 3. The molecule has 0 aliphatic carbocycles. The monoisotopic (exact) mass is 503 g/mol. The minimum atomic E-state index is -4.12. The molecule has 35 heavy (non-hydrogen) atoms. The minimum Gasteiger partial charge on any atom is -0.497 e. The summed E-state index contributed by atoms with van der Waals surface area (Å²) in [5.41, 5.74) is 2.76. The number of benzene rings is 2. The first kappa shape index (κ1) is 26.7. The van der Waals surface area contributed by atoms with Crippen molar-refractivity contribution in [2.45, 2.75) is 56.5 Å². The number of hydroxylamine groups is 1. The average molecular weight is 504 g/mol. The predicted octanol–water partition coefficient (Wildman–Crippen LogP) is 2.94. The quantitative estimate of drug-likeness (QED) is 0.357. The van der Waals surface area contributed by atoms with E-state index >= 15 is 0 Å². The molecule has 1 fully saturated rings. The van der Waals surface area contributed by atoms with Gasteiger partial charge in [0.05, 0.1) is 12.0 Å². The molecule has 3 rings (SSSR count). The molecule has 0 aromatic heterocycles. The van der Waals surface area contributed by atoms with Crippen LogP contribution in [0.5, 0.6) is 5.75 Å². The Balaban J connectivity index is 1.88. The highest BCUT2D eigenvalue weighted by Gasteiger charge is 2.41. The lowest BCUT2D eigenvalue weighted by Gasteiger charge is -2.37. The SMILES string of the molecule is COc1ccc(-c2ccccc2S(=O)(=O)N2CC[C@@H](NC(=O)CCC(C)C)C[C@@H]2C(=O)NO)cc1. The van der Waals surface area contributed by atoms with Crippen molar-refractivity contribution >= 4 is 21.8 Å². The molecule has 0 bridgehead atoms. The highest BCUT2D eigenvalue weighted by atomic mass is 32.2. The van der Waals surface area contributed by atoms with Gasteiger partial charge >= 0.3 is 0 Å². The Morgan fingerprint density at radius 3 is 2.46 bits per heavy atom. The Morgan fingerprint density at radius 2 is 1.83 bits per heavy atom. The molecular formula is C25H33N3O6S. The Morgan fingerprint density at radius 1 is 1.14 bits per heavy atom. The van der Waals surface area contributed by atoms with Gasteiger partial charge < -0.3 is 10.1 Å². The zero-order valence-corrected chi connectivity index (χ0v) is 21.0. The van der Waals surface area contributed by atoms with E-state index in [1.807, 2.05) is 13.8 Å². The van der Waals surface area contributed by atoms with E-state index in [9.17, 15) is 23.2 Å². The van der Waals surface area contributed by atoms with Crippen LogP contribution >= 0.6 is 0 Å². The third-order valence-corrected chi connectivity index (χ3v) is 8.12. The Bertz CT molecular complexity index is 1130. The lowest BCUT2D eigenvalue weighted by Crippen LogP contribution is -2.57. The van der Waals surface area contributed by atoms with Gasteiger partial charge in [0.15, 0.2) is 0 Å². The number of sulfonamides is 1. The molecular weight excluding hydrogens is 470 g/mol. The zero-order chi connectivity index (χ0) is 25.6. The van der Waals surface area contributed by atoms with E-state index in [1.54, 1.807) is 55.1 Å². The summed E-state index contributed by atoms with van der Waals surface area (Å²) in [6, 6.07) is 12.1. The molecule has 2 atom stereocenters. The summed E-state index contributed by atoms with van der Waals surface area (Å²) in [7, 11) is -2.57. The summed E-state index contributed by atoms with van der Waals surface area (Å²) in [5, 5.41) is 12.2. The van der Waals surface area contributed by atoms with E-state index in [-0.39, 0.29) is 29.8 Å². The van der Waals surface area contributed by atoms with Crippen LogP contribution in [-0.2, 0) is 19.6 Å². The first-order valence-electron chi connectivity index (χ1n) is 11.7. The number of rotatable bonds is 9. The summed E-state index contributed by atoms with van der Waals surface area (Å²) >= 11 is 0. The van der Waals surface area contributed by atoms with E-state index in [1.165, 1.54) is 6.07 Å². The standard InChI is InChI=1S/C25H33N3O6S/c1-17(2)8-13-24(29)26-19-14-15-28(22(16-19)25(30)27-31)35(32,33)23-7-5-4-6-21(23)18-9-11-20(34-3)12-10-18/h4-7,9-12,17,19,22,31H,8,13-16H2,1-3H3,(H,26,29)(H,27,30)/t19-,22-/m1/s1. The lowest BCUT2D eigenvalue weighted by atomic mass is 9.98. The molecule has 1 heterocycles. The van der Waals surface area contributed by atoms with Crippen molar-refractivity contribution < 1.29 is 28.0 Å². The van der Waals surface area contributed by atoms with Crippen LogP contribution in [0.4, 0.5) is 0 Å². The van der Waals surface area contributed by atoms with Crippen LogP contribution < -0.4 is 15.5 Å². The van der Waals surface area contributed by atoms with Gasteiger partial charge in [0.2, 0.25) is 15.9 Å². The van der Waals surface area contributed by atoms with Gasteiger partial charge in [0.1, 0.15) is 11.8 Å². The lowest BCUT2D eigenvalue weighted by molar-refractivity contribution is -0.135. The maximum atomic E-state index is 13.8. The summed E-state index contributed by atoms with van der Waals surface area (Å²) in [6.45, 7) is 4.08. The molecule has 2 amide bonds. The van der Waals surface area contributed by atoms with Crippen LogP contribution in [0.15, 0.2) is 53.4 Å². The first-order chi connectivity index (χ1) is 16.7. The number of ether oxygens (including phenoxy) is 1. The second-order valence-corrected chi connectivity index (χ2v) is 10.9. The number of hydrogen-bond acceptors (Lipinski definition) is 6. The topological polar surface area (TPSA) is 125 Å². The predicted molar refractivity (Wildman–Crippen MR) is 131 cm³/mol. The van der Waals surface area contributed by atoms with Crippen molar-refractivity contribution in [2.24, 2.45) is 5.92 Å². The molecule has 0 radical (unpaired) electrons. The van der Waals surface area contributed by atoms with Gasteiger partial charge in [-0.25, -0.2) is 13.9 Å². The summed E-state index contributed by atoms with van der Waals surface area (Å²) in [4.78, 5) is 24.9. The van der Waals surface area contributed by atoms with Gasteiger partial charge in [-0.05, 0) is 48.9 Å². The Kier molecular flexibility index (Phi) is 8.87. The fourth-order valence-electron chi connectivity index (χ4n) is 4.22. The highest BCUT2D eigenvalue weighted by molar-refractivity contribution is 7.89. The van der Waals surface area contributed by atoms with E-state index in [2.05, 4.69) is 5.32 Å². The molecule has 0 saturated carbocycles. The minimum absolute atomic E-state index is 0.0203. The smallest absolute Gasteiger partial charge is 0.261 e. The molecule has 0 spiro atoms. The van der Waals surface area contributed by atoms with Crippen molar-refractivity contribution in [1.82, 2.24) is 15.1 Å². The Hall–Kier alpha value is -2.95. The molecule has 1 saturated heterocycles. The van der Waals surface area contributed by atoms with Crippen molar-refractivity contribution in [3.05, 3.63) is 48.5 Å². The van der Waals surface area contributed by atoms with E-state index in [4.69, 9.17) is 4.74 Å². The van der Waals surface area contributed by atoms with Crippen molar-refractivity contribution in [1.29, 1.82) is 0 Å². The molecule has 10 heteroatoms. The van der Waals surface area contributed by atoms with Gasteiger partial charge in [-0.2, -0.15) is 4.31 Å². The first-order valence-corrected chi connectivity index (χ1v) is 13.1. The van der Waals surface area contributed by atoms with Gasteiger partial charge in [-0.3, -0.25) is 14.8 Å². The number of nitrogens with one attached hydrogen (secondary N) is 2. The third kappa shape index (κ3) is 6.39. The van der Waals surface area contributed by atoms with E-state index in [0.717, 1.165) is 10.7 Å². The largest absolute Gasteiger partial charge is 0.497 e. The summed E-state index contributed by atoms with van der Waals surface area (Å²) in [6.07, 6.45) is 1.51. The van der Waals surface area contributed by atoms with E-state index < -0.39 is 22.0 Å². The third-order valence-electron chi connectivity index (χ3n) is 6.15.